The molecule has 3 amide bonds. The summed E-state index contributed by atoms with van der Waals surface area (Å²) in [5.41, 5.74) is 2.77. The maximum atomic E-state index is 13.3. The van der Waals surface area contributed by atoms with Gasteiger partial charge in [-0.05, 0) is 29.8 Å². The first kappa shape index (κ1) is 18.8. The molecule has 8 nitrogen and oxygen atoms in total. The molecule has 0 spiro atoms. The fourth-order valence-electron chi connectivity index (χ4n) is 3.68. The molecule has 2 aliphatic rings. The van der Waals surface area contributed by atoms with Gasteiger partial charge >= 0.3 is 6.03 Å². The molecule has 0 fully saturated rings. The Morgan fingerprint density at radius 3 is 2.48 bits per heavy atom. The van der Waals surface area contributed by atoms with Crippen LogP contribution in [-0.2, 0) is 11.3 Å². The molecule has 1 aromatic heterocycles. The quantitative estimate of drug-likeness (QED) is 0.840. The van der Waals surface area contributed by atoms with E-state index in [9.17, 15) is 9.59 Å². The number of aromatic nitrogens is 1. The summed E-state index contributed by atoms with van der Waals surface area (Å²) in [5.74, 6) is 1.06. The van der Waals surface area contributed by atoms with Gasteiger partial charge in [-0.25, -0.2) is 4.79 Å². The van der Waals surface area contributed by atoms with Crippen molar-refractivity contribution in [3.63, 3.8) is 0 Å². The van der Waals surface area contributed by atoms with E-state index in [0.717, 1.165) is 11.3 Å². The van der Waals surface area contributed by atoms with Crippen LogP contribution in [0.25, 0.3) is 0 Å². The number of methoxy groups -OCH3 is 2. The minimum Gasteiger partial charge on any atom is -0.497 e. The topological polar surface area (TPSA) is 84.0 Å². The standard InChI is InChI=1S/C21H22N4O4/c1-24-17-12-25(11-14-6-4-5-7-22-14)20(26)18(17)19(23-21(24)27)13-8-15(28-2)10-16(9-13)29-3/h4-10,19H,11-12H2,1-3H3,(H,23,27). The maximum absolute atomic E-state index is 13.3. The number of nitrogens with zero attached hydrogens (tertiary/aromatic N) is 3. The van der Waals surface area contributed by atoms with Crippen LogP contribution in [0.2, 0.25) is 0 Å². The zero-order valence-electron chi connectivity index (χ0n) is 16.5. The Morgan fingerprint density at radius 1 is 1.14 bits per heavy atom. The van der Waals surface area contributed by atoms with Crippen molar-refractivity contribution in [3.8, 4) is 11.5 Å². The predicted molar refractivity (Wildman–Crippen MR) is 105 cm³/mol. The monoisotopic (exact) mass is 394 g/mol. The van der Waals surface area contributed by atoms with Crippen LogP contribution >= 0.6 is 0 Å². The highest BCUT2D eigenvalue weighted by Crippen LogP contribution is 2.38. The summed E-state index contributed by atoms with van der Waals surface area (Å²) in [7, 11) is 4.79. The number of rotatable bonds is 5. The van der Waals surface area contributed by atoms with Gasteiger partial charge in [0.2, 0.25) is 0 Å². The molecule has 0 saturated heterocycles. The Bertz CT molecular complexity index is 967. The van der Waals surface area contributed by atoms with Crippen LogP contribution < -0.4 is 14.8 Å². The third-order valence-corrected chi connectivity index (χ3v) is 5.22. The number of ether oxygens (including phenoxy) is 2. The Morgan fingerprint density at radius 2 is 1.86 bits per heavy atom. The molecule has 4 rings (SSSR count). The van der Waals surface area contributed by atoms with Gasteiger partial charge in [-0.15, -0.1) is 0 Å². The lowest BCUT2D eigenvalue weighted by molar-refractivity contribution is -0.126. The minimum atomic E-state index is -0.584. The van der Waals surface area contributed by atoms with Gasteiger partial charge in [0.05, 0.1) is 50.3 Å². The predicted octanol–water partition coefficient (Wildman–Crippen LogP) is 2.09. The summed E-state index contributed by atoms with van der Waals surface area (Å²) >= 11 is 0. The normalized spacial score (nSPS) is 18.7. The second-order valence-corrected chi connectivity index (χ2v) is 6.93. The van der Waals surface area contributed by atoms with E-state index in [2.05, 4.69) is 10.3 Å². The lowest BCUT2D eigenvalue weighted by atomic mass is 9.95. The Kier molecular flexibility index (Phi) is 4.84. The number of carbonyl (C=O) groups is 2. The van der Waals surface area contributed by atoms with Crippen molar-refractivity contribution in [2.75, 3.05) is 27.8 Å². The molecule has 3 heterocycles. The number of amides is 3. The van der Waals surface area contributed by atoms with E-state index in [1.807, 2.05) is 18.2 Å². The second-order valence-electron chi connectivity index (χ2n) is 6.93. The molecular formula is C21H22N4O4. The van der Waals surface area contributed by atoms with Crippen LogP contribution in [0.3, 0.4) is 0 Å². The SMILES string of the molecule is COc1cc(OC)cc(C2NC(=O)N(C)C3=C2C(=O)N(Cc2ccccn2)C3)c1. The molecule has 0 saturated carbocycles. The number of nitrogens with one attached hydrogen (secondary N) is 1. The largest absolute Gasteiger partial charge is 0.497 e. The molecule has 8 heteroatoms. The zero-order valence-corrected chi connectivity index (χ0v) is 16.5. The zero-order chi connectivity index (χ0) is 20.5. The summed E-state index contributed by atoms with van der Waals surface area (Å²) in [6.45, 7) is 0.731. The van der Waals surface area contributed by atoms with Gasteiger partial charge in [0.25, 0.3) is 5.91 Å². The van der Waals surface area contributed by atoms with Crippen molar-refractivity contribution < 1.29 is 19.1 Å². The molecule has 0 aliphatic carbocycles. The van der Waals surface area contributed by atoms with E-state index in [-0.39, 0.29) is 11.9 Å². The van der Waals surface area contributed by atoms with E-state index >= 15 is 0 Å². The van der Waals surface area contributed by atoms with Crippen molar-refractivity contribution in [3.05, 3.63) is 65.1 Å². The summed E-state index contributed by atoms with van der Waals surface area (Å²) in [5, 5.41) is 2.93. The van der Waals surface area contributed by atoms with Gasteiger partial charge in [-0.1, -0.05) is 6.07 Å². The molecule has 1 unspecified atom stereocenters. The molecular weight excluding hydrogens is 372 g/mol. The van der Waals surface area contributed by atoms with E-state index in [4.69, 9.17) is 9.47 Å². The van der Waals surface area contributed by atoms with Gasteiger partial charge in [-0.3, -0.25) is 14.7 Å². The van der Waals surface area contributed by atoms with Crippen molar-refractivity contribution in [1.82, 2.24) is 20.1 Å². The Labute approximate surface area is 168 Å². The first-order chi connectivity index (χ1) is 14.0. The number of pyridine rings is 1. The molecule has 0 bridgehead atoms. The van der Waals surface area contributed by atoms with Crippen LogP contribution in [0.1, 0.15) is 17.3 Å². The number of urea groups is 1. The summed E-state index contributed by atoms with van der Waals surface area (Å²) in [4.78, 5) is 33.4. The van der Waals surface area contributed by atoms with Gasteiger partial charge in [0.1, 0.15) is 11.5 Å². The molecule has 0 radical (unpaired) electrons. The highest BCUT2D eigenvalue weighted by atomic mass is 16.5. The fourth-order valence-corrected chi connectivity index (χ4v) is 3.68. The van der Waals surface area contributed by atoms with Crippen molar-refractivity contribution in [2.24, 2.45) is 0 Å². The number of benzene rings is 1. The van der Waals surface area contributed by atoms with Gasteiger partial charge in [0, 0.05) is 19.3 Å². The lowest BCUT2D eigenvalue weighted by Crippen LogP contribution is -2.45. The van der Waals surface area contributed by atoms with Gasteiger partial charge < -0.3 is 19.7 Å². The van der Waals surface area contributed by atoms with Gasteiger partial charge in [-0.2, -0.15) is 0 Å². The lowest BCUT2D eigenvalue weighted by Gasteiger charge is -2.31. The van der Waals surface area contributed by atoms with Crippen molar-refractivity contribution >= 4 is 11.9 Å². The average molecular weight is 394 g/mol. The van der Waals surface area contributed by atoms with Gasteiger partial charge in [0.15, 0.2) is 0 Å². The second kappa shape index (κ2) is 7.46. The van der Waals surface area contributed by atoms with Crippen LogP contribution in [0.5, 0.6) is 11.5 Å². The molecule has 150 valence electrons. The first-order valence-corrected chi connectivity index (χ1v) is 9.21. The van der Waals surface area contributed by atoms with E-state index in [0.29, 0.717) is 35.9 Å². The Balaban J connectivity index is 1.71. The molecule has 2 aliphatic heterocycles. The summed E-state index contributed by atoms with van der Waals surface area (Å²) < 4.78 is 10.7. The van der Waals surface area contributed by atoms with Crippen LogP contribution in [0, 0.1) is 0 Å². The number of hydrogen-bond donors (Lipinski definition) is 1. The van der Waals surface area contributed by atoms with E-state index in [1.165, 1.54) is 4.90 Å². The minimum absolute atomic E-state index is 0.121. The van der Waals surface area contributed by atoms with Crippen molar-refractivity contribution in [2.45, 2.75) is 12.6 Å². The average Bonchev–Trinajstić information content (AvgIpc) is 3.07. The molecule has 2 aromatic rings. The van der Waals surface area contributed by atoms with Crippen molar-refractivity contribution in [1.29, 1.82) is 0 Å². The third-order valence-electron chi connectivity index (χ3n) is 5.22. The van der Waals surface area contributed by atoms with Crippen LogP contribution in [0.15, 0.2) is 53.9 Å². The first-order valence-electron chi connectivity index (χ1n) is 9.21. The number of carbonyl (C=O) groups excluding carboxylic acids is 2. The highest BCUT2D eigenvalue weighted by molar-refractivity contribution is 6.01. The maximum Gasteiger partial charge on any atom is 0.322 e. The van der Waals surface area contributed by atoms with Crippen LogP contribution in [0.4, 0.5) is 4.79 Å². The fraction of sp³-hybridized carbons (Fsp3) is 0.286. The molecule has 1 atom stereocenters. The molecule has 1 N–H and O–H groups in total. The van der Waals surface area contributed by atoms with E-state index < -0.39 is 6.04 Å². The number of hydrogen-bond acceptors (Lipinski definition) is 5. The molecule has 29 heavy (non-hydrogen) atoms. The van der Waals surface area contributed by atoms with E-state index in [1.54, 1.807) is 50.6 Å². The summed E-state index contributed by atoms with van der Waals surface area (Å²) in [6.07, 6.45) is 1.70. The summed E-state index contributed by atoms with van der Waals surface area (Å²) in [6, 6.07) is 10.1. The highest BCUT2D eigenvalue weighted by Gasteiger charge is 2.43. The Hall–Kier alpha value is -3.55. The number of likely N-dealkylation sites (N-methyl/N-ethyl adjacent to an activating group) is 1. The molecule has 1 aromatic carbocycles. The smallest absolute Gasteiger partial charge is 0.322 e. The third kappa shape index (κ3) is 3.37. The van der Waals surface area contributed by atoms with Crippen LogP contribution in [-0.4, -0.2) is 54.5 Å².